The maximum Gasteiger partial charge on any atom is 0.508 e. The normalized spacial score (nSPS) is 37.9. The third kappa shape index (κ3) is 4.25. The second kappa shape index (κ2) is 10.2. The highest BCUT2D eigenvalue weighted by molar-refractivity contribution is 6.03. The molecule has 1 heterocycles. The Morgan fingerprint density at radius 2 is 1.70 bits per heavy atom. The monoisotopic (exact) mass is 600 g/mol. The van der Waals surface area contributed by atoms with E-state index in [1.54, 1.807) is 32.0 Å². The summed E-state index contributed by atoms with van der Waals surface area (Å²) in [4.78, 5) is 67.2. The number of aliphatic hydroxyl groups is 2. The van der Waals surface area contributed by atoms with Gasteiger partial charge in [-0.3, -0.25) is 14.4 Å². The maximum absolute atomic E-state index is 14.8. The van der Waals surface area contributed by atoms with Crippen LogP contribution in [0, 0.1) is 16.7 Å². The fourth-order valence-electron chi connectivity index (χ4n) is 7.65. The van der Waals surface area contributed by atoms with Gasteiger partial charge in [-0.2, -0.15) is 0 Å². The van der Waals surface area contributed by atoms with Crippen LogP contribution in [0.2, 0.25) is 0 Å². The summed E-state index contributed by atoms with van der Waals surface area (Å²) in [6.45, 7) is 6.81. The first-order valence-corrected chi connectivity index (χ1v) is 14.1. The number of benzene rings is 1. The summed E-state index contributed by atoms with van der Waals surface area (Å²) in [5.74, 6) is -4.58. The Bertz CT molecular complexity index is 1410. The predicted molar refractivity (Wildman–Crippen MR) is 145 cm³/mol. The van der Waals surface area contributed by atoms with Crippen LogP contribution in [-0.2, 0) is 38.1 Å². The van der Waals surface area contributed by atoms with Gasteiger partial charge in [-0.05, 0) is 37.1 Å². The number of hydrogen-bond acceptors (Lipinski definition) is 12. The standard InChI is InChI=1S/C31H36O12/c1-15-18(33)13-31(38)25(42-26(36)17-10-8-7-9-11-17)23-29(5,24(35)22(41-16(2)32)21(15)28(31,3)4)19(34)12-20-30(23,14-40-20)43-27(37)39-6/h7-11,19-20,22-23,25,34,38H,12-14H2,1-6H3/t19-,20+,22+,23?,25-,29+,30-,31+/m0/s1. The molecule has 8 atom stereocenters. The largest absolute Gasteiger partial charge is 0.508 e. The van der Waals surface area contributed by atoms with E-state index in [-0.39, 0.29) is 29.7 Å². The summed E-state index contributed by atoms with van der Waals surface area (Å²) in [5, 5.41) is 24.5. The van der Waals surface area contributed by atoms with Gasteiger partial charge >= 0.3 is 18.1 Å². The number of carbonyl (C=O) groups is 5. The lowest BCUT2D eigenvalue weighted by Crippen LogP contribution is -2.81. The summed E-state index contributed by atoms with van der Waals surface area (Å²) in [6, 6.07) is 7.91. The summed E-state index contributed by atoms with van der Waals surface area (Å²) < 4.78 is 28.1. The quantitative estimate of drug-likeness (QED) is 0.381. The average Bonchev–Trinajstić information content (AvgIpc) is 2.95. The Labute approximate surface area is 248 Å². The molecule has 0 spiro atoms. The number of methoxy groups -OCH3 is 1. The molecule has 232 valence electrons. The molecule has 0 aromatic heterocycles. The second-order valence-electron chi connectivity index (χ2n) is 12.6. The van der Waals surface area contributed by atoms with Crippen LogP contribution in [0.15, 0.2) is 41.5 Å². The van der Waals surface area contributed by atoms with Crippen molar-refractivity contribution in [3.8, 4) is 0 Å². The van der Waals surface area contributed by atoms with E-state index in [1.807, 2.05) is 0 Å². The Hall–Kier alpha value is -3.61. The van der Waals surface area contributed by atoms with E-state index < -0.39 is 88.4 Å². The lowest BCUT2D eigenvalue weighted by Gasteiger charge is -2.66. The minimum Gasteiger partial charge on any atom is -0.455 e. The topological polar surface area (TPSA) is 172 Å². The molecule has 1 unspecified atom stereocenters. The van der Waals surface area contributed by atoms with E-state index in [0.717, 1.165) is 14.0 Å². The zero-order valence-corrected chi connectivity index (χ0v) is 24.9. The van der Waals surface area contributed by atoms with Gasteiger partial charge in [0.2, 0.25) is 0 Å². The first-order chi connectivity index (χ1) is 20.1. The van der Waals surface area contributed by atoms with Gasteiger partial charge in [-0.15, -0.1) is 0 Å². The Morgan fingerprint density at radius 3 is 2.26 bits per heavy atom. The van der Waals surface area contributed by atoms with Crippen LogP contribution in [-0.4, -0.2) is 89.2 Å². The van der Waals surface area contributed by atoms with Gasteiger partial charge in [0.1, 0.15) is 17.8 Å². The number of Topliss-reactive ketones (excluding diaryl/α,β-unsaturated/α-hetero) is 2. The summed E-state index contributed by atoms with van der Waals surface area (Å²) in [5.41, 5.74) is -7.23. The van der Waals surface area contributed by atoms with Crippen molar-refractivity contribution in [1.82, 2.24) is 0 Å². The molecule has 12 nitrogen and oxygen atoms in total. The van der Waals surface area contributed by atoms with E-state index >= 15 is 0 Å². The number of ether oxygens (including phenoxy) is 5. The molecule has 43 heavy (non-hydrogen) atoms. The van der Waals surface area contributed by atoms with Crippen molar-refractivity contribution in [2.75, 3.05) is 13.7 Å². The molecule has 2 saturated carbocycles. The van der Waals surface area contributed by atoms with Crippen LogP contribution in [0.25, 0.3) is 0 Å². The van der Waals surface area contributed by atoms with E-state index in [1.165, 1.54) is 26.0 Å². The number of hydrogen-bond donors (Lipinski definition) is 2. The minimum atomic E-state index is -2.25. The number of ketones is 2. The van der Waals surface area contributed by atoms with Gasteiger partial charge in [0.25, 0.3) is 0 Å². The first kappa shape index (κ1) is 30.8. The third-order valence-corrected chi connectivity index (χ3v) is 10.1. The smallest absolute Gasteiger partial charge is 0.455 e. The highest BCUT2D eigenvalue weighted by Crippen LogP contribution is 2.63. The summed E-state index contributed by atoms with van der Waals surface area (Å²) in [6.07, 6.45) is -7.76. The second-order valence-corrected chi connectivity index (χ2v) is 12.6. The number of carbonyl (C=O) groups excluding carboxylic acids is 5. The van der Waals surface area contributed by atoms with Gasteiger partial charge in [0, 0.05) is 25.2 Å². The van der Waals surface area contributed by atoms with E-state index in [4.69, 9.17) is 23.7 Å². The number of aliphatic hydroxyl groups excluding tert-OH is 1. The van der Waals surface area contributed by atoms with Crippen molar-refractivity contribution < 1.29 is 57.9 Å². The van der Waals surface area contributed by atoms with Gasteiger partial charge in [0.05, 0.1) is 36.7 Å². The van der Waals surface area contributed by atoms with Gasteiger partial charge in [0.15, 0.2) is 23.3 Å². The van der Waals surface area contributed by atoms with Gasteiger partial charge < -0.3 is 33.9 Å². The average molecular weight is 601 g/mol. The molecule has 1 aliphatic heterocycles. The molecule has 1 aromatic rings. The molecule has 1 saturated heterocycles. The van der Waals surface area contributed by atoms with E-state index in [0.29, 0.717) is 0 Å². The molecule has 2 bridgehead atoms. The SMILES string of the molecule is COC(=O)O[C@@]12CO[C@@H]1C[C@H](O)[C@@]1(C)C(=O)[C@H](OC(C)=O)C3=C(C)C(=O)C[C@@](O)([C@@H](OC(=O)c4ccccc4)C12)C3(C)C. The van der Waals surface area contributed by atoms with Crippen LogP contribution in [0.5, 0.6) is 0 Å². The first-order valence-electron chi connectivity index (χ1n) is 14.1. The minimum absolute atomic E-state index is 0.0361. The molecule has 3 fully saturated rings. The van der Waals surface area contributed by atoms with E-state index in [2.05, 4.69) is 0 Å². The Kier molecular flexibility index (Phi) is 7.34. The molecule has 1 aromatic carbocycles. The van der Waals surface area contributed by atoms with Crippen LogP contribution in [0.1, 0.15) is 57.8 Å². The fourth-order valence-corrected chi connectivity index (χ4v) is 7.65. The number of rotatable bonds is 4. The molecular weight excluding hydrogens is 564 g/mol. The van der Waals surface area contributed by atoms with Crippen molar-refractivity contribution in [3.05, 3.63) is 47.0 Å². The zero-order chi connectivity index (χ0) is 31.7. The molecule has 12 heteroatoms. The van der Waals surface area contributed by atoms with Crippen LogP contribution >= 0.6 is 0 Å². The van der Waals surface area contributed by atoms with Crippen LogP contribution in [0.4, 0.5) is 4.79 Å². The van der Waals surface area contributed by atoms with Crippen LogP contribution in [0.3, 0.4) is 0 Å². The van der Waals surface area contributed by atoms with Crippen molar-refractivity contribution >= 4 is 29.7 Å². The summed E-state index contributed by atoms with van der Waals surface area (Å²) >= 11 is 0. The molecule has 2 N–H and O–H groups in total. The molecule has 3 aliphatic carbocycles. The molecule has 0 amide bonds. The van der Waals surface area contributed by atoms with Crippen molar-refractivity contribution in [2.45, 2.75) is 83.1 Å². The molecular formula is C31H36O12. The van der Waals surface area contributed by atoms with Gasteiger partial charge in [-0.1, -0.05) is 32.0 Å². The van der Waals surface area contributed by atoms with E-state index in [9.17, 15) is 34.2 Å². The molecule has 4 aliphatic rings. The molecule has 5 rings (SSSR count). The van der Waals surface area contributed by atoms with Gasteiger partial charge in [-0.25, -0.2) is 9.59 Å². The maximum atomic E-state index is 14.8. The highest BCUT2D eigenvalue weighted by atomic mass is 16.8. The lowest BCUT2D eigenvalue weighted by molar-refractivity contribution is -0.342. The number of allylic oxidation sites excluding steroid dienone is 1. The Balaban J connectivity index is 1.84. The summed E-state index contributed by atoms with van der Waals surface area (Å²) in [7, 11) is 1.09. The highest BCUT2D eigenvalue weighted by Gasteiger charge is 2.78. The zero-order valence-electron chi connectivity index (χ0n) is 24.9. The fraction of sp³-hybridized carbons (Fsp3) is 0.581. The lowest BCUT2D eigenvalue weighted by atomic mass is 9.44. The number of fused-ring (bicyclic) bond motifs is 5. The number of esters is 2. The predicted octanol–water partition coefficient (Wildman–Crippen LogP) is 2.08. The van der Waals surface area contributed by atoms with Crippen LogP contribution < -0.4 is 0 Å². The third-order valence-electron chi connectivity index (χ3n) is 10.1. The Morgan fingerprint density at radius 1 is 1.05 bits per heavy atom. The van der Waals surface area contributed by atoms with Crippen molar-refractivity contribution in [1.29, 1.82) is 0 Å². The van der Waals surface area contributed by atoms with Crippen molar-refractivity contribution in [3.63, 3.8) is 0 Å². The van der Waals surface area contributed by atoms with Crippen molar-refractivity contribution in [2.24, 2.45) is 16.7 Å². The molecule has 0 radical (unpaired) electrons.